The second-order valence-corrected chi connectivity index (χ2v) is 10.9. The molecule has 30 heavy (non-hydrogen) atoms. The third-order valence-corrected chi connectivity index (χ3v) is 7.70. The van der Waals surface area contributed by atoms with Crippen LogP contribution in [0.5, 0.6) is 5.75 Å². The zero-order valence-electron chi connectivity index (χ0n) is 16.7. The Kier molecular flexibility index (Phi) is 4.88. The predicted molar refractivity (Wildman–Crippen MR) is 114 cm³/mol. The van der Waals surface area contributed by atoms with Crippen LogP contribution in [-0.4, -0.2) is 16.1 Å². The summed E-state index contributed by atoms with van der Waals surface area (Å²) in [6, 6.07) is 12.7. The molecule has 0 aliphatic heterocycles. The van der Waals surface area contributed by atoms with Crippen molar-refractivity contribution in [2.75, 3.05) is 0 Å². The van der Waals surface area contributed by atoms with E-state index in [0.29, 0.717) is 17.6 Å². The average molecular weight is 473 g/mol. The van der Waals surface area contributed by atoms with Gasteiger partial charge in [0.2, 0.25) is 5.91 Å². The van der Waals surface area contributed by atoms with Gasteiger partial charge in [-0.2, -0.15) is 0 Å². The summed E-state index contributed by atoms with van der Waals surface area (Å²) in [5, 5.41) is 0. The van der Waals surface area contributed by atoms with E-state index in [-0.39, 0.29) is 28.0 Å². The van der Waals surface area contributed by atoms with Crippen molar-refractivity contribution in [3.05, 3.63) is 54.0 Å². The van der Waals surface area contributed by atoms with E-state index < -0.39 is 5.91 Å². The molecule has 6 nitrogen and oxygen atoms in total. The summed E-state index contributed by atoms with van der Waals surface area (Å²) in [7, 11) is 0. The lowest BCUT2D eigenvalue weighted by Crippen LogP contribution is -2.60. The van der Waals surface area contributed by atoms with Gasteiger partial charge < -0.3 is 9.15 Å². The summed E-state index contributed by atoms with van der Waals surface area (Å²) in [5.41, 5.74) is 4.83. The van der Waals surface area contributed by atoms with E-state index in [1.54, 1.807) is 12.1 Å². The zero-order chi connectivity index (χ0) is 20.8. The molecule has 4 aliphatic rings. The quantitative estimate of drug-likeness (QED) is 0.500. The second-order valence-electron chi connectivity index (χ2n) is 9.17. The van der Waals surface area contributed by atoms with Crippen molar-refractivity contribution >= 4 is 27.7 Å². The van der Waals surface area contributed by atoms with Crippen molar-refractivity contribution in [2.45, 2.75) is 49.5 Å². The van der Waals surface area contributed by atoms with Crippen LogP contribution < -0.4 is 15.6 Å². The average Bonchev–Trinajstić information content (AvgIpc) is 3.18. The Balaban J connectivity index is 1.17. The third kappa shape index (κ3) is 3.75. The summed E-state index contributed by atoms with van der Waals surface area (Å²) in [6.45, 7) is 0.225. The van der Waals surface area contributed by atoms with Crippen molar-refractivity contribution in [1.82, 2.24) is 10.9 Å². The SMILES string of the molecule is O=C(NNC(=O)C12CC3CC(CC(Br)(C3)C1)C2)c1ccc(COc2ccccc2)o1. The Morgan fingerprint density at radius 3 is 2.47 bits per heavy atom. The summed E-state index contributed by atoms with van der Waals surface area (Å²) in [5.74, 6) is 2.07. The van der Waals surface area contributed by atoms with Crippen LogP contribution >= 0.6 is 15.9 Å². The Hall–Kier alpha value is -2.28. The smallest absolute Gasteiger partial charge is 0.305 e. The number of amides is 2. The molecule has 6 rings (SSSR count). The molecule has 2 atom stereocenters. The van der Waals surface area contributed by atoms with Crippen molar-refractivity contribution in [2.24, 2.45) is 17.3 Å². The molecule has 1 heterocycles. The highest BCUT2D eigenvalue weighted by Gasteiger charge is 2.59. The van der Waals surface area contributed by atoms with E-state index in [0.717, 1.165) is 37.9 Å². The van der Waals surface area contributed by atoms with Crippen LogP contribution in [0.1, 0.15) is 54.8 Å². The van der Waals surface area contributed by atoms with Crippen molar-refractivity contribution in [3.8, 4) is 5.75 Å². The Morgan fingerprint density at radius 2 is 1.77 bits per heavy atom. The molecule has 1 aromatic heterocycles. The van der Waals surface area contributed by atoms with Gasteiger partial charge in [-0.25, -0.2) is 0 Å². The highest BCUT2D eigenvalue weighted by molar-refractivity contribution is 9.10. The summed E-state index contributed by atoms with van der Waals surface area (Å²) in [6.07, 6.45) is 6.22. The fraction of sp³-hybridized carbons (Fsp3) is 0.478. The first-order chi connectivity index (χ1) is 14.4. The number of carbonyl (C=O) groups is 2. The monoisotopic (exact) mass is 472 g/mol. The lowest BCUT2D eigenvalue weighted by Gasteiger charge is -2.59. The van der Waals surface area contributed by atoms with E-state index in [9.17, 15) is 9.59 Å². The molecule has 4 bridgehead atoms. The maximum atomic E-state index is 13.0. The van der Waals surface area contributed by atoms with Crippen LogP contribution in [0.4, 0.5) is 0 Å². The number of rotatable bonds is 5. The van der Waals surface area contributed by atoms with Crippen LogP contribution in [-0.2, 0) is 11.4 Å². The van der Waals surface area contributed by atoms with Gasteiger partial charge in [0.05, 0.1) is 5.41 Å². The van der Waals surface area contributed by atoms with Crippen LogP contribution in [0.2, 0.25) is 0 Å². The van der Waals surface area contributed by atoms with Gasteiger partial charge in [-0.1, -0.05) is 34.1 Å². The fourth-order valence-corrected chi connectivity index (χ4v) is 7.43. The highest BCUT2D eigenvalue weighted by Crippen LogP contribution is 2.64. The van der Waals surface area contributed by atoms with Crippen molar-refractivity contribution < 1.29 is 18.7 Å². The molecule has 2 aromatic rings. The molecule has 4 saturated carbocycles. The topological polar surface area (TPSA) is 80.6 Å². The molecule has 2 N–H and O–H groups in total. The predicted octanol–water partition coefficient (Wildman–Crippen LogP) is 4.35. The van der Waals surface area contributed by atoms with Crippen LogP contribution in [0, 0.1) is 17.3 Å². The zero-order valence-corrected chi connectivity index (χ0v) is 18.2. The van der Waals surface area contributed by atoms with Gasteiger partial charge in [0.15, 0.2) is 5.76 Å². The molecular formula is C23H25BrN2O4. The van der Waals surface area contributed by atoms with E-state index in [1.807, 2.05) is 30.3 Å². The molecule has 1 aromatic carbocycles. The number of benzene rings is 1. The minimum absolute atomic E-state index is 0.0760. The van der Waals surface area contributed by atoms with Gasteiger partial charge in [0.1, 0.15) is 18.1 Å². The molecule has 7 heteroatoms. The van der Waals surface area contributed by atoms with Gasteiger partial charge in [0.25, 0.3) is 0 Å². The molecule has 158 valence electrons. The lowest BCUT2D eigenvalue weighted by atomic mass is 9.49. The molecule has 2 amide bonds. The number of hydrogen-bond donors (Lipinski definition) is 2. The van der Waals surface area contributed by atoms with Gasteiger partial charge >= 0.3 is 5.91 Å². The standard InChI is InChI=1S/C23H25BrN2O4/c24-23-11-15-8-16(12-23)10-22(9-15,14-23)21(28)26-25-20(27)19-7-6-18(30-19)13-29-17-4-2-1-3-5-17/h1-7,15-16H,8-14H2,(H,25,27)(H,26,28). The second kappa shape index (κ2) is 7.45. The Morgan fingerprint density at radius 1 is 1.03 bits per heavy atom. The minimum atomic E-state index is -0.465. The molecule has 0 saturated heterocycles. The van der Waals surface area contributed by atoms with Crippen molar-refractivity contribution in [1.29, 1.82) is 0 Å². The summed E-state index contributed by atoms with van der Waals surface area (Å²) >= 11 is 3.92. The van der Waals surface area contributed by atoms with Crippen LogP contribution in [0.15, 0.2) is 46.9 Å². The molecule has 4 fully saturated rings. The Bertz CT molecular complexity index is 943. The number of halogens is 1. The number of hydrazine groups is 1. The number of ether oxygens (including phenoxy) is 1. The first kappa shape index (κ1) is 19.7. The molecular weight excluding hydrogens is 448 g/mol. The van der Waals surface area contributed by atoms with Crippen molar-refractivity contribution in [3.63, 3.8) is 0 Å². The Labute approximate surface area is 183 Å². The van der Waals surface area contributed by atoms with Gasteiger partial charge in [0, 0.05) is 4.32 Å². The van der Waals surface area contributed by atoms with Gasteiger partial charge in [-0.15, -0.1) is 0 Å². The van der Waals surface area contributed by atoms with E-state index in [4.69, 9.17) is 9.15 Å². The van der Waals surface area contributed by atoms with E-state index in [2.05, 4.69) is 26.8 Å². The maximum Gasteiger partial charge on any atom is 0.305 e. The lowest BCUT2D eigenvalue weighted by molar-refractivity contribution is -0.144. The van der Waals surface area contributed by atoms with E-state index >= 15 is 0 Å². The number of carbonyl (C=O) groups excluding carboxylic acids is 2. The fourth-order valence-electron chi connectivity index (χ4n) is 5.97. The normalized spacial score (nSPS) is 31.4. The van der Waals surface area contributed by atoms with Crippen LogP contribution in [0.3, 0.4) is 0 Å². The van der Waals surface area contributed by atoms with Crippen LogP contribution in [0.25, 0.3) is 0 Å². The number of nitrogens with one attached hydrogen (secondary N) is 2. The first-order valence-electron chi connectivity index (χ1n) is 10.5. The number of furan rings is 1. The number of para-hydroxylation sites is 1. The largest absolute Gasteiger partial charge is 0.486 e. The third-order valence-electron chi connectivity index (χ3n) is 6.77. The minimum Gasteiger partial charge on any atom is -0.486 e. The summed E-state index contributed by atoms with van der Waals surface area (Å²) in [4.78, 5) is 25.5. The molecule has 0 spiro atoms. The molecule has 2 unspecified atom stereocenters. The highest BCUT2D eigenvalue weighted by atomic mass is 79.9. The van der Waals surface area contributed by atoms with E-state index in [1.165, 1.54) is 6.42 Å². The van der Waals surface area contributed by atoms with Gasteiger partial charge in [-0.3, -0.25) is 20.4 Å². The summed E-state index contributed by atoms with van der Waals surface area (Å²) < 4.78 is 11.3. The van der Waals surface area contributed by atoms with Gasteiger partial charge in [-0.05, 0) is 74.6 Å². The molecule has 0 radical (unpaired) electrons. The number of alkyl halides is 1. The number of hydrogen-bond acceptors (Lipinski definition) is 4. The maximum absolute atomic E-state index is 13.0. The first-order valence-corrected chi connectivity index (χ1v) is 11.3. The molecule has 4 aliphatic carbocycles.